The first kappa shape index (κ1) is 20.4. The van der Waals surface area contributed by atoms with Crippen LogP contribution in [-0.2, 0) is 19.5 Å². The molecule has 0 amide bonds. The average molecular weight is 403 g/mol. The Morgan fingerprint density at radius 2 is 1.50 bits per heavy atom. The molecule has 1 saturated carbocycles. The van der Waals surface area contributed by atoms with Gasteiger partial charge in [-0.3, -0.25) is 4.79 Å². The first-order chi connectivity index (χ1) is 14.7. The fourth-order valence-corrected chi connectivity index (χ4v) is 4.42. The Balaban J connectivity index is 1.29. The number of nitrogens with zero attached hydrogens (tertiary/aromatic N) is 1. The lowest BCUT2D eigenvalue weighted by molar-refractivity contribution is 0.288. The normalized spacial score (nSPS) is 18.9. The van der Waals surface area contributed by atoms with Gasteiger partial charge in [0.05, 0.1) is 6.54 Å². The van der Waals surface area contributed by atoms with Crippen molar-refractivity contribution in [2.75, 3.05) is 0 Å². The van der Waals surface area contributed by atoms with Crippen molar-refractivity contribution in [1.82, 2.24) is 9.88 Å². The second kappa shape index (κ2) is 9.77. The smallest absolute Gasteiger partial charge is 0.293 e. The maximum absolute atomic E-state index is 12.5. The van der Waals surface area contributed by atoms with Crippen molar-refractivity contribution < 1.29 is 5.11 Å². The van der Waals surface area contributed by atoms with E-state index in [1.165, 1.54) is 18.4 Å². The van der Waals surface area contributed by atoms with E-state index in [1.807, 2.05) is 36.4 Å². The summed E-state index contributed by atoms with van der Waals surface area (Å²) >= 11 is 0. The molecule has 1 fully saturated rings. The van der Waals surface area contributed by atoms with Gasteiger partial charge < -0.3 is 15.0 Å². The van der Waals surface area contributed by atoms with Crippen LogP contribution in [0, 0.1) is 5.92 Å². The number of aromatic hydroxyl groups is 1. The van der Waals surface area contributed by atoms with Crippen LogP contribution in [0.1, 0.15) is 42.4 Å². The Morgan fingerprint density at radius 1 is 0.867 bits per heavy atom. The summed E-state index contributed by atoms with van der Waals surface area (Å²) < 4.78 is 1.56. The molecule has 0 bridgehead atoms. The summed E-state index contributed by atoms with van der Waals surface area (Å²) in [7, 11) is 0. The predicted octanol–water partition coefficient (Wildman–Crippen LogP) is 4.49. The van der Waals surface area contributed by atoms with Gasteiger partial charge in [-0.2, -0.15) is 0 Å². The van der Waals surface area contributed by atoms with Crippen molar-refractivity contribution >= 4 is 0 Å². The minimum absolute atomic E-state index is 0.140. The van der Waals surface area contributed by atoms with Crippen LogP contribution < -0.4 is 10.9 Å². The zero-order valence-electron chi connectivity index (χ0n) is 17.3. The van der Waals surface area contributed by atoms with Crippen molar-refractivity contribution in [2.24, 2.45) is 5.92 Å². The van der Waals surface area contributed by atoms with Gasteiger partial charge in [-0.25, -0.2) is 0 Å². The topological polar surface area (TPSA) is 54.3 Å². The highest BCUT2D eigenvalue weighted by atomic mass is 16.3. The summed E-state index contributed by atoms with van der Waals surface area (Å²) in [5.74, 6) is 0.611. The average Bonchev–Trinajstić information content (AvgIpc) is 2.79. The van der Waals surface area contributed by atoms with Crippen LogP contribution in [0.3, 0.4) is 0 Å². The van der Waals surface area contributed by atoms with Crippen molar-refractivity contribution in [1.29, 1.82) is 0 Å². The van der Waals surface area contributed by atoms with Crippen LogP contribution in [-0.4, -0.2) is 15.7 Å². The zero-order valence-corrected chi connectivity index (χ0v) is 17.3. The number of benzene rings is 2. The van der Waals surface area contributed by atoms with Gasteiger partial charge >= 0.3 is 0 Å². The predicted molar refractivity (Wildman–Crippen MR) is 121 cm³/mol. The Hall–Kier alpha value is -2.85. The van der Waals surface area contributed by atoms with E-state index in [4.69, 9.17) is 0 Å². The third-order valence-corrected chi connectivity index (χ3v) is 6.21. The Labute approximate surface area is 178 Å². The van der Waals surface area contributed by atoms with E-state index >= 15 is 0 Å². The summed E-state index contributed by atoms with van der Waals surface area (Å²) in [6.45, 7) is 0.994. The highest BCUT2D eigenvalue weighted by Gasteiger charge is 2.21. The molecule has 0 spiro atoms. The van der Waals surface area contributed by atoms with Crippen LogP contribution in [0.5, 0.6) is 5.75 Å². The largest absolute Gasteiger partial charge is 0.503 e. The summed E-state index contributed by atoms with van der Waals surface area (Å²) in [6.07, 6.45) is 7.66. The summed E-state index contributed by atoms with van der Waals surface area (Å²) in [4.78, 5) is 12.5. The second-order valence-electron chi connectivity index (χ2n) is 8.40. The maximum Gasteiger partial charge on any atom is 0.293 e. The van der Waals surface area contributed by atoms with Gasteiger partial charge in [0.2, 0.25) is 0 Å². The summed E-state index contributed by atoms with van der Waals surface area (Å²) in [5.41, 5.74) is 2.81. The molecule has 0 radical (unpaired) electrons. The van der Waals surface area contributed by atoms with E-state index < -0.39 is 0 Å². The Kier molecular flexibility index (Phi) is 6.65. The molecule has 4 nitrogen and oxygen atoms in total. The molecular formula is C26H30N2O2. The molecule has 156 valence electrons. The van der Waals surface area contributed by atoms with E-state index in [1.54, 1.807) is 10.8 Å². The number of aromatic nitrogens is 1. The van der Waals surface area contributed by atoms with Gasteiger partial charge in [0, 0.05) is 24.3 Å². The second-order valence-corrected chi connectivity index (χ2v) is 8.40. The number of nitrogens with one attached hydrogen (secondary N) is 1. The van der Waals surface area contributed by atoms with Gasteiger partial charge in [-0.05, 0) is 55.2 Å². The van der Waals surface area contributed by atoms with E-state index in [0.29, 0.717) is 24.7 Å². The van der Waals surface area contributed by atoms with Crippen LogP contribution in [0.25, 0.3) is 0 Å². The number of hydrogen-bond donors (Lipinski definition) is 2. The van der Waals surface area contributed by atoms with Crippen LogP contribution in [0.15, 0.2) is 77.7 Å². The SMILES string of the molecule is O=c1c(O)c(CNC2CCC(Cc3ccccc3)CC2)ccn1Cc1ccccc1. The molecule has 1 heterocycles. The highest BCUT2D eigenvalue weighted by molar-refractivity contribution is 5.29. The molecule has 4 rings (SSSR count). The third-order valence-electron chi connectivity index (χ3n) is 6.21. The fraction of sp³-hybridized carbons (Fsp3) is 0.346. The molecule has 3 aromatic rings. The minimum atomic E-state index is -0.329. The van der Waals surface area contributed by atoms with E-state index in [-0.39, 0.29) is 11.3 Å². The van der Waals surface area contributed by atoms with Crippen LogP contribution in [0.4, 0.5) is 0 Å². The Bertz CT molecular complexity index is 991. The van der Waals surface area contributed by atoms with Crippen molar-refractivity contribution in [3.05, 3.63) is 100.0 Å². The lowest BCUT2D eigenvalue weighted by atomic mass is 9.82. The molecule has 2 N–H and O–H groups in total. The molecule has 0 atom stereocenters. The molecule has 0 saturated heterocycles. The number of hydrogen-bond acceptors (Lipinski definition) is 3. The molecule has 4 heteroatoms. The molecule has 2 aromatic carbocycles. The molecule has 1 aromatic heterocycles. The molecule has 0 aliphatic heterocycles. The van der Waals surface area contributed by atoms with Crippen LogP contribution in [0.2, 0.25) is 0 Å². The molecule has 1 aliphatic rings. The molecular weight excluding hydrogens is 372 g/mol. The summed E-state index contributed by atoms with van der Waals surface area (Å²) in [6, 6.07) is 22.8. The van der Waals surface area contributed by atoms with E-state index in [0.717, 1.165) is 30.7 Å². The standard InChI is InChI=1S/C26H30N2O2/c29-25-23(15-16-28(26(25)30)19-22-9-5-2-6-10-22)18-27-24-13-11-21(12-14-24)17-20-7-3-1-4-8-20/h1-10,15-16,21,24,27,29H,11-14,17-19H2. The zero-order chi connectivity index (χ0) is 20.8. The fourth-order valence-electron chi connectivity index (χ4n) is 4.42. The van der Waals surface area contributed by atoms with Crippen molar-refractivity contribution in [3.63, 3.8) is 0 Å². The first-order valence-electron chi connectivity index (χ1n) is 10.9. The van der Waals surface area contributed by atoms with Gasteiger partial charge in [0.25, 0.3) is 5.56 Å². The molecule has 1 aliphatic carbocycles. The molecule has 0 unspecified atom stereocenters. The summed E-state index contributed by atoms with van der Waals surface area (Å²) in [5, 5.41) is 14.0. The first-order valence-corrected chi connectivity index (χ1v) is 10.9. The van der Waals surface area contributed by atoms with Crippen molar-refractivity contribution in [2.45, 2.75) is 51.2 Å². The van der Waals surface area contributed by atoms with Crippen LogP contribution >= 0.6 is 0 Å². The lowest BCUT2D eigenvalue weighted by Crippen LogP contribution is -2.33. The van der Waals surface area contributed by atoms with Gasteiger partial charge in [-0.1, -0.05) is 60.7 Å². The van der Waals surface area contributed by atoms with Gasteiger partial charge in [0.1, 0.15) is 0 Å². The third kappa shape index (κ3) is 5.19. The number of rotatable bonds is 7. The van der Waals surface area contributed by atoms with Gasteiger partial charge in [-0.15, -0.1) is 0 Å². The van der Waals surface area contributed by atoms with E-state index in [2.05, 4.69) is 35.6 Å². The maximum atomic E-state index is 12.5. The number of pyridine rings is 1. The molecule has 30 heavy (non-hydrogen) atoms. The lowest BCUT2D eigenvalue weighted by Gasteiger charge is -2.29. The Morgan fingerprint density at radius 3 is 2.17 bits per heavy atom. The van der Waals surface area contributed by atoms with Crippen molar-refractivity contribution in [3.8, 4) is 5.75 Å². The highest BCUT2D eigenvalue weighted by Crippen LogP contribution is 2.27. The minimum Gasteiger partial charge on any atom is -0.503 e. The van der Waals surface area contributed by atoms with Gasteiger partial charge in [0.15, 0.2) is 5.75 Å². The quantitative estimate of drug-likeness (QED) is 0.612. The monoisotopic (exact) mass is 402 g/mol. The van der Waals surface area contributed by atoms with E-state index in [9.17, 15) is 9.90 Å².